The molecule has 5 unspecified atom stereocenters. The van der Waals surface area contributed by atoms with E-state index in [0.29, 0.717) is 118 Å². The number of aliphatic hydroxyl groups excluding tert-OH is 5. The molecule has 0 aromatic heterocycles. The van der Waals surface area contributed by atoms with Gasteiger partial charge >= 0.3 is 6.09 Å². The van der Waals surface area contributed by atoms with Gasteiger partial charge in [0.25, 0.3) is 0 Å². The first-order chi connectivity index (χ1) is 25.5. The standard InChI is InChI=1S/C36H76N6O11/c1-7-8-9-31(43)22-40-16-14-38(24-33(45)28-50-3)12-10-37(23-32(44)27-49-2)11-13-39(25-34(46)29-51-4)15-17-41(26-35(47)30-52-5)19-21-42(20-18-40)36(48)53-6/h31-35,43-47H,7-30H2,1-6H3. The Morgan fingerprint density at radius 3 is 0.981 bits per heavy atom. The smallest absolute Gasteiger partial charge is 0.409 e. The van der Waals surface area contributed by atoms with Gasteiger partial charge in [0.05, 0.1) is 64.1 Å². The fourth-order valence-corrected chi connectivity index (χ4v) is 6.55. The van der Waals surface area contributed by atoms with Crippen molar-refractivity contribution in [1.82, 2.24) is 29.4 Å². The number of carbonyl (C=O) groups is 1. The number of nitrogens with zero attached hydrogens (tertiary/aromatic N) is 6. The van der Waals surface area contributed by atoms with E-state index in [1.54, 1.807) is 33.3 Å². The molecular weight excluding hydrogens is 692 g/mol. The fourth-order valence-electron chi connectivity index (χ4n) is 6.55. The van der Waals surface area contributed by atoms with Gasteiger partial charge in [0.15, 0.2) is 0 Å². The van der Waals surface area contributed by atoms with Gasteiger partial charge in [-0.3, -0.25) is 24.5 Å². The zero-order chi connectivity index (χ0) is 39.4. The first kappa shape index (κ1) is 49.7. The van der Waals surface area contributed by atoms with Gasteiger partial charge in [-0.2, -0.15) is 0 Å². The molecule has 1 aliphatic heterocycles. The summed E-state index contributed by atoms with van der Waals surface area (Å²) in [5.74, 6) is 0. The molecule has 0 saturated carbocycles. The number of carbonyl (C=O) groups excluding carboxylic acids is 1. The Morgan fingerprint density at radius 2 is 0.736 bits per heavy atom. The van der Waals surface area contributed by atoms with Crippen LogP contribution >= 0.6 is 0 Å². The third-order valence-electron chi connectivity index (χ3n) is 9.41. The number of β-amino-alcohol motifs (C(OH)–C–C–N with tert-alkyl or cyclic N) is 5. The molecule has 1 amide bonds. The van der Waals surface area contributed by atoms with Crippen LogP contribution in [-0.4, -0.2) is 265 Å². The Labute approximate surface area is 319 Å². The SMILES string of the molecule is CCCCC(O)CN1CCN(CC(O)COC)CCN(CC(O)COC)CCN(CC(O)COC)CCN(CC(O)COC)CCN(C(=O)OC)CC1. The van der Waals surface area contributed by atoms with E-state index in [4.69, 9.17) is 23.7 Å². The minimum atomic E-state index is -0.736. The molecule has 0 aliphatic carbocycles. The summed E-state index contributed by atoms with van der Waals surface area (Å²) in [6.07, 6.45) is -1.25. The molecule has 1 aliphatic rings. The van der Waals surface area contributed by atoms with Crippen LogP contribution in [0.4, 0.5) is 4.79 Å². The van der Waals surface area contributed by atoms with Crippen LogP contribution in [0.3, 0.4) is 0 Å². The van der Waals surface area contributed by atoms with E-state index in [0.717, 1.165) is 12.8 Å². The Kier molecular flexibility index (Phi) is 29.0. The fraction of sp³-hybridized carbons (Fsp3) is 0.972. The first-order valence-electron chi connectivity index (χ1n) is 19.3. The number of methoxy groups -OCH3 is 5. The molecule has 0 spiro atoms. The highest BCUT2D eigenvalue weighted by molar-refractivity contribution is 5.67. The Bertz CT molecular complexity index is 888. The summed E-state index contributed by atoms with van der Waals surface area (Å²) in [6.45, 7) is 11.1. The van der Waals surface area contributed by atoms with E-state index in [9.17, 15) is 30.3 Å². The summed E-state index contributed by atoms with van der Waals surface area (Å²) in [5, 5.41) is 53.9. The normalized spacial score (nSPS) is 21.1. The van der Waals surface area contributed by atoms with Crippen LogP contribution in [0.15, 0.2) is 0 Å². The molecular formula is C36H76N6O11. The van der Waals surface area contributed by atoms with E-state index in [1.165, 1.54) is 7.11 Å². The number of ether oxygens (including phenoxy) is 5. The summed E-state index contributed by atoms with van der Waals surface area (Å²) < 4.78 is 26.1. The van der Waals surface area contributed by atoms with E-state index in [2.05, 4.69) is 31.4 Å². The number of hydrogen-bond donors (Lipinski definition) is 5. The molecule has 1 saturated heterocycles. The van der Waals surface area contributed by atoms with E-state index in [1.807, 2.05) is 0 Å². The van der Waals surface area contributed by atoms with Crippen LogP contribution in [0.5, 0.6) is 0 Å². The molecule has 5 atom stereocenters. The van der Waals surface area contributed by atoms with Crippen LogP contribution < -0.4 is 0 Å². The lowest BCUT2D eigenvalue weighted by molar-refractivity contribution is 0.0110. The van der Waals surface area contributed by atoms with Crippen LogP contribution in [0.1, 0.15) is 26.2 Å². The van der Waals surface area contributed by atoms with Crippen molar-refractivity contribution < 1.29 is 54.0 Å². The van der Waals surface area contributed by atoms with Crippen molar-refractivity contribution in [3.05, 3.63) is 0 Å². The highest BCUT2D eigenvalue weighted by Crippen LogP contribution is 2.08. The third kappa shape index (κ3) is 24.1. The summed E-state index contributed by atoms with van der Waals surface area (Å²) in [6, 6.07) is 0. The molecule has 1 heterocycles. The van der Waals surface area contributed by atoms with Crippen molar-refractivity contribution in [3.63, 3.8) is 0 Å². The van der Waals surface area contributed by atoms with E-state index >= 15 is 0 Å². The maximum absolute atomic E-state index is 13.0. The molecule has 0 aromatic carbocycles. The number of amides is 1. The Morgan fingerprint density at radius 1 is 0.472 bits per heavy atom. The van der Waals surface area contributed by atoms with Crippen LogP contribution in [-0.2, 0) is 23.7 Å². The largest absolute Gasteiger partial charge is 0.453 e. The average molecular weight is 769 g/mol. The maximum Gasteiger partial charge on any atom is 0.409 e. The molecule has 1 fully saturated rings. The summed E-state index contributed by atoms with van der Waals surface area (Å²) in [7, 11) is 7.58. The molecule has 316 valence electrons. The van der Waals surface area contributed by atoms with Crippen LogP contribution in [0.25, 0.3) is 0 Å². The third-order valence-corrected chi connectivity index (χ3v) is 9.41. The lowest BCUT2D eigenvalue weighted by atomic mass is 10.1. The minimum Gasteiger partial charge on any atom is -0.453 e. The van der Waals surface area contributed by atoms with Gasteiger partial charge in [0, 0.05) is 140 Å². The van der Waals surface area contributed by atoms with Crippen molar-refractivity contribution >= 4 is 6.09 Å². The Balaban J connectivity index is 3.50. The van der Waals surface area contributed by atoms with Crippen LogP contribution in [0.2, 0.25) is 0 Å². The number of hydrogen-bond acceptors (Lipinski definition) is 16. The van der Waals surface area contributed by atoms with Gasteiger partial charge in [-0.15, -0.1) is 0 Å². The van der Waals surface area contributed by atoms with Crippen molar-refractivity contribution in [1.29, 1.82) is 0 Å². The number of rotatable bonds is 21. The van der Waals surface area contributed by atoms with E-state index in [-0.39, 0.29) is 26.4 Å². The predicted octanol–water partition coefficient (Wildman–Crippen LogP) is -1.84. The highest BCUT2D eigenvalue weighted by atomic mass is 16.5. The molecule has 17 heteroatoms. The van der Waals surface area contributed by atoms with Gasteiger partial charge in [0.1, 0.15) is 0 Å². The summed E-state index contributed by atoms with van der Waals surface area (Å²) >= 11 is 0. The molecule has 0 radical (unpaired) electrons. The molecule has 0 aromatic rings. The number of unbranched alkanes of at least 4 members (excludes halogenated alkanes) is 1. The zero-order valence-corrected chi connectivity index (χ0v) is 33.7. The molecule has 0 bridgehead atoms. The second-order valence-corrected chi connectivity index (χ2v) is 14.2. The molecule has 1 rings (SSSR count). The first-order valence-corrected chi connectivity index (χ1v) is 19.3. The summed E-state index contributed by atoms with van der Waals surface area (Å²) in [5.41, 5.74) is 0. The lowest BCUT2D eigenvalue weighted by Crippen LogP contribution is -2.50. The molecule has 5 N–H and O–H groups in total. The zero-order valence-electron chi connectivity index (χ0n) is 33.7. The van der Waals surface area contributed by atoms with Crippen molar-refractivity contribution in [2.24, 2.45) is 0 Å². The minimum absolute atomic E-state index is 0.168. The van der Waals surface area contributed by atoms with Crippen molar-refractivity contribution in [2.45, 2.75) is 56.7 Å². The second kappa shape index (κ2) is 30.9. The maximum atomic E-state index is 13.0. The molecule has 53 heavy (non-hydrogen) atoms. The lowest BCUT2D eigenvalue weighted by Gasteiger charge is -2.35. The van der Waals surface area contributed by atoms with Crippen molar-refractivity contribution in [3.8, 4) is 0 Å². The topological polar surface area (TPSA) is 184 Å². The van der Waals surface area contributed by atoms with Gasteiger partial charge in [-0.05, 0) is 6.42 Å². The monoisotopic (exact) mass is 769 g/mol. The van der Waals surface area contributed by atoms with Gasteiger partial charge < -0.3 is 54.1 Å². The Hall–Kier alpha value is -1.29. The summed E-state index contributed by atoms with van der Waals surface area (Å²) in [4.78, 5) is 25.5. The predicted molar refractivity (Wildman–Crippen MR) is 203 cm³/mol. The second-order valence-electron chi connectivity index (χ2n) is 14.2. The highest BCUT2D eigenvalue weighted by Gasteiger charge is 2.24. The van der Waals surface area contributed by atoms with Gasteiger partial charge in [-0.25, -0.2) is 4.79 Å². The van der Waals surface area contributed by atoms with Gasteiger partial charge in [0.2, 0.25) is 0 Å². The number of aliphatic hydroxyl groups is 5. The van der Waals surface area contributed by atoms with Gasteiger partial charge in [-0.1, -0.05) is 19.8 Å². The van der Waals surface area contributed by atoms with Crippen molar-refractivity contribution in [2.75, 3.05) is 173 Å². The van der Waals surface area contributed by atoms with Crippen LogP contribution in [0, 0.1) is 0 Å². The van der Waals surface area contributed by atoms with E-state index < -0.39 is 36.6 Å². The molecule has 17 nitrogen and oxygen atoms in total. The quantitative estimate of drug-likeness (QED) is 0.0878. The average Bonchev–Trinajstić information content (AvgIpc) is 3.11.